The standard InChI is InChI=1S/C11H10F2N2O3S/c1-6(11-14-7(2)15-18-11)19(16,17)10-5-8(12)3-4-9(10)13/h3-6H,1-2H3/t6-/m0/s1. The Morgan fingerprint density at radius 2 is 2.00 bits per heavy atom. The Bertz CT molecular complexity index is 712. The summed E-state index contributed by atoms with van der Waals surface area (Å²) in [4.78, 5) is 3.06. The number of aromatic nitrogens is 2. The van der Waals surface area contributed by atoms with Crippen LogP contribution in [0.15, 0.2) is 27.6 Å². The van der Waals surface area contributed by atoms with Gasteiger partial charge in [0.1, 0.15) is 21.8 Å². The molecule has 0 aliphatic carbocycles. The van der Waals surface area contributed by atoms with Crippen molar-refractivity contribution in [1.29, 1.82) is 0 Å². The maximum atomic E-state index is 13.5. The average Bonchev–Trinajstić information content (AvgIpc) is 2.77. The maximum Gasteiger partial charge on any atom is 0.245 e. The first-order chi connectivity index (χ1) is 8.82. The van der Waals surface area contributed by atoms with E-state index in [9.17, 15) is 17.2 Å². The van der Waals surface area contributed by atoms with Gasteiger partial charge in [-0.05, 0) is 32.0 Å². The molecule has 0 aliphatic heterocycles. The van der Waals surface area contributed by atoms with Gasteiger partial charge in [-0.1, -0.05) is 5.16 Å². The van der Waals surface area contributed by atoms with Crippen molar-refractivity contribution in [1.82, 2.24) is 10.1 Å². The molecule has 8 heteroatoms. The Morgan fingerprint density at radius 1 is 1.32 bits per heavy atom. The lowest BCUT2D eigenvalue weighted by molar-refractivity contribution is 0.372. The van der Waals surface area contributed by atoms with E-state index in [-0.39, 0.29) is 11.7 Å². The SMILES string of the molecule is Cc1noc([C@H](C)S(=O)(=O)c2cc(F)ccc2F)n1. The van der Waals surface area contributed by atoms with E-state index in [2.05, 4.69) is 10.1 Å². The second kappa shape index (κ2) is 4.69. The lowest BCUT2D eigenvalue weighted by Crippen LogP contribution is -2.13. The Hall–Kier alpha value is -1.83. The number of halogens is 2. The minimum Gasteiger partial charge on any atom is -0.338 e. The molecule has 1 aromatic heterocycles. The predicted octanol–water partition coefficient (Wildman–Crippen LogP) is 2.19. The highest BCUT2D eigenvalue weighted by Gasteiger charge is 2.32. The van der Waals surface area contributed by atoms with Crippen molar-refractivity contribution in [3.8, 4) is 0 Å². The zero-order valence-electron chi connectivity index (χ0n) is 10.1. The monoisotopic (exact) mass is 288 g/mol. The van der Waals surface area contributed by atoms with E-state index in [4.69, 9.17) is 4.52 Å². The van der Waals surface area contributed by atoms with Crippen LogP contribution >= 0.6 is 0 Å². The van der Waals surface area contributed by atoms with Crippen LogP contribution in [-0.2, 0) is 9.84 Å². The Labute approximate surface area is 108 Å². The predicted molar refractivity (Wildman–Crippen MR) is 61.0 cm³/mol. The van der Waals surface area contributed by atoms with Crippen LogP contribution in [-0.4, -0.2) is 18.6 Å². The van der Waals surface area contributed by atoms with Crippen LogP contribution in [0.3, 0.4) is 0 Å². The van der Waals surface area contributed by atoms with E-state index >= 15 is 0 Å². The molecule has 1 aromatic carbocycles. The molecule has 0 amide bonds. The topological polar surface area (TPSA) is 73.1 Å². The highest BCUT2D eigenvalue weighted by Crippen LogP contribution is 2.29. The summed E-state index contributed by atoms with van der Waals surface area (Å²) in [5.41, 5.74) is 0. The van der Waals surface area contributed by atoms with Crippen LogP contribution in [0.4, 0.5) is 8.78 Å². The lowest BCUT2D eigenvalue weighted by atomic mass is 10.3. The molecule has 0 aliphatic rings. The number of hydrogen-bond donors (Lipinski definition) is 0. The third-order valence-corrected chi connectivity index (χ3v) is 4.61. The maximum absolute atomic E-state index is 13.5. The molecule has 5 nitrogen and oxygen atoms in total. The van der Waals surface area contributed by atoms with E-state index in [1.165, 1.54) is 13.8 Å². The zero-order chi connectivity index (χ0) is 14.2. The molecule has 102 valence electrons. The second-order valence-electron chi connectivity index (χ2n) is 3.94. The number of aryl methyl sites for hydroxylation is 1. The number of nitrogens with zero attached hydrogens (tertiary/aromatic N) is 2. The molecular formula is C11H10F2N2O3S. The summed E-state index contributed by atoms with van der Waals surface area (Å²) in [5.74, 6) is -1.77. The first-order valence-corrected chi connectivity index (χ1v) is 6.86. The molecule has 0 N–H and O–H groups in total. The van der Waals surface area contributed by atoms with Crippen molar-refractivity contribution >= 4 is 9.84 Å². The van der Waals surface area contributed by atoms with Gasteiger partial charge in [0.2, 0.25) is 5.89 Å². The van der Waals surface area contributed by atoms with Gasteiger partial charge in [0.15, 0.2) is 15.7 Å². The molecular weight excluding hydrogens is 278 g/mol. The van der Waals surface area contributed by atoms with Crippen LogP contribution in [0.1, 0.15) is 23.9 Å². The molecule has 0 bridgehead atoms. The smallest absolute Gasteiger partial charge is 0.245 e. The van der Waals surface area contributed by atoms with E-state index in [0.29, 0.717) is 6.07 Å². The Balaban J connectivity index is 2.50. The second-order valence-corrected chi connectivity index (χ2v) is 6.18. The average molecular weight is 288 g/mol. The third-order valence-electron chi connectivity index (χ3n) is 2.56. The van der Waals surface area contributed by atoms with Gasteiger partial charge in [-0.25, -0.2) is 17.2 Å². The van der Waals surface area contributed by atoms with Gasteiger partial charge in [0.05, 0.1) is 0 Å². The normalized spacial score (nSPS) is 13.5. The largest absolute Gasteiger partial charge is 0.338 e. The van der Waals surface area contributed by atoms with Gasteiger partial charge in [0.25, 0.3) is 0 Å². The van der Waals surface area contributed by atoms with Gasteiger partial charge in [-0.2, -0.15) is 4.98 Å². The fourth-order valence-corrected chi connectivity index (χ4v) is 2.86. The molecule has 2 aromatic rings. The summed E-state index contributed by atoms with van der Waals surface area (Å²) in [7, 11) is -4.14. The number of sulfone groups is 1. The van der Waals surface area contributed by atoms with Crippen molar-refractivity contribution in [2.45, 2.75) is 24.0 Å². The number of rotatable bonds is 3. The number of hydrogen-bond acceptors (Lipinski definition) is 5. The summed E-state index contributed by atoms with van der Waals surface area (Å²) in [6.07, 6.45) is 0. The summed E-state index contributed by atoms with van der Waals surface area (Å²) >= 11 is 0. The molecule has 0 spiro atoms. The quantitative estimate of drug-likeness (QED) is 0.865. The molecule has 1 heterocycles. The summed E-state index contributed by atoms with van der Waals surface area (Å²) in [5, 5.41) is 2.21. The lowest BCUT2D eigenvalue weighted by Gasteiger charge is -2.09. The molecule has 1 atom stereocenters. The van der Waals surface area contributed by atoms with Crippen molar-refractivity contribution < 1.29 is 21.7 Å². The summed E-state index contributed by atoms with van der Waals surface area (Å²) in [6.45, 7) is 2.79. The molecule has 2 rings (SSSR count). The number of benzene rings is 1. The first-order valence-electron chi connectivity index (χ1n) is 5.31. The Kier molecular flexibility index (Phi) is 3.36. The van der Waals surface area contributed by atoms with Crippen molar-refractivity contribution in [2.24, 2.45) is 0 Å². The fraction of sp³-hybridized carbons (Fsp3) is 0.273. The molecule has 0 unspecified atom stereocenters. The van der Waals surface area contributed by atoms with Gasteiger partial charge >= 0.3 is 0 Å². The Morgan fingerprint density at radius 3 is 2.58 bits per heavy atom. The van der Waals surface area contributed by atoms with E-state index < -0.39 is 31.6 Å². The van der Waals surface area contributed by atoms with Crippen LogP contribution in [0.5, 0.6) is 0 Å². The van der Waals surface area contributed by atoms with Crippen LogP contribution < -0.4 is 0 Å². The minimum absolute atomic E-state index is 0.166. The minimum atomic E-state index is -4.14. The van der Waals surface area contributed by atoms with E-state index in [0.717, 1.165) is 12.1 Å². The molecule has 0 radical (unpaired) electrons. The van der Waals surface area contributed by atoms with Gasteiger partial charge < -0.3 is 4.52 Å². The summed E-state index contributed by atoms with van der Waals surface area (Å²) in [6, 6.07) is 2.23. The van der Waals surface area contributed by atoms with Crippen molar-refractivity contribution in [2.75, 3.05) is 0 Å². The van der Waals surface area contributed by atoms with Crippen LogP contribution in [0.25, 0.3) is 0 Å². The van der Waals surface area contributed by atoms with E-state index in [1.54, 1.807) is 0 Å². The van der Waals surface area contributed by atoms with Gasteiger partial charge in [-0.3, -0.25) is 0 Å². The van der Waals surface area contributed by atoms with Crippen LogP contribution in [0, 0.1) is 18.6 Å². The highest BCUT2D eigenvalue weighted by atomic mass is 32.2. The van der Waals surface area contributed by atoms with Gasteiger partial charge in [0, 0.05) is 0 Å². The molecule has 0 saturated carbocycles. The van der Waals surface area contributed by atoms with E-state index in [1.807, 2.05) is 0 Å². The third kappa shape index (κ3) is 2.48. The van der Waals surface area contributed by atoms with Crippen molar-refractivity contribution in [3.05, 3.63) is 41.5 Å². The van der Waals surface area contributed by atoms with Crippen LogP contribution in [0.2, 0.25) is 0 Å². The molecule has 0 saturated heterocycles. The summed E-state index contributed by atoms with van der Waals surface area (Å²) < 4.78 is 55.7. The molecule has 19 heavy (non-hydrogen) atoms. The molecule has 0 fully saturated rings. The fourth-order valence-electron chi connectivity index (χ4n) is 1.50. The first kappa shape index (κ1) is 13.6. The zero-order valence-corrected chi connectivity index (χ0v) is 10.9. The highest BCUT2D eigenvalue weighted by molar-refractivity contribution is 7.91. The van der Waals surface area contributed by atoms with Gasteiger partial charge in [-0.15, -0.1) is 0 Å². The van der Waals surface area contributed by atoms with Crippen molar-refractivity contribution in [3.63, 3.8) is 0 Å².